The molecule has 0 aromatic rings. The highest BCUT2D eigenvalue weighted by Crippen LogP contribution is 2.22. The van der Waals surface area contributed by atoms with E-state index in [0.29, 0.717) is 0 Å². The Morgan fingerprint density at radius 3 is 1.04 bits per heavy atom. The highest BCUT2D eigenvalue weighted by Gasteiger charge is 2.23. The second-order valence-corrected chi connectivity index (χ2v) is 13.7. The average Bonchev–Trinajstić information content (AvgIpc) is 3.04. The van der Waals surface area contributed by atoms with Gasteiger partial charge in [-0.1, -0.05) is 156 Å². The van der Waals surface area contributed by atoms with Gasteiger partial charge < -0.3 is 20.1 Å². The van der Waals surface area contributed by atoms with E-state index in [2.05, 4.69) is 27.7 Å². The van der Waals surface area contributed by atoms with Crippen molar-refractivity contribution in [1.29, 1.82) is 0 Å². The molecule has 272 valence electrons. The van der Waals surface area contributed by atoms with Crippen LogP contribution in [0, 0.1) is 11.8 Å². The molecule has 0 fully saturated rings. The highest BCUT2D eigenvalue weighted by molar-refractivity contribution is 5.81. The van der Waals surface area contributed by atoms with Crippen LogP contribution < -0.4 is 5.73 Å². The number of nitrogens with two attached hydrogens (primary N) is 1. The fourth-order valence-corrected chi connectivity index (χ4v) is 6.11. The maximum absolute atomic E-state index is 13.1. The smallest absolute Gasteiger partial charge is 0.308 e. The number of hydrogen-bond donors (Lipinski definition) is 1. The lowest BCUT2D eigenvalue weighted by atomic mass is 9.94. The summed E-state index contributed by atoms with van der Waals surface area (Å²) in [5.74, 6) is -0.679. The Balaban J connectivity index is 4.98. The fourth-order valence-electron chi connectivity index (χ4n) is 6.11. The van der Waals surface area contributed by atoms with Gasteiger partial charge in [-0.15, -0.1) is 0 Å². The van der Waals surface area contributed by atoms with E-state index in [9.17, 15) is 14.4 Å². The van der Waals surface area contributed by atoms with Crippen molar-refractivity contribution < 1.29 is 23.9 Å². The number of esters is 2. The van der Waals surface area contributed by atoms with E-state index in [4.69, 9.17) is 15.2 Å². The topological polar surface area (TPSA) is 98.9 Å². The van der Waals surface area contributed by atoms with Crippen LogP contribution in [-0.4, -0.2) is 55.1 Å². The molecule has 0 radical (unpaired) electrons. The van der Waals surface area contributed by atoms with Crippen LogP contribution in [0.2, 0.25) is 0 Å². The van der Waals surface area contributed by atoms with E-state index in [-0.39, 0.29) is 56.0 Å². The molecule has 46 heavy (non-hydrogen) atoms. The molecule has 0 aliphatic carbocycles. The maximum atomic E-state index is 13.1. The standard InChI is InChI=1S/C39H76N2O5/c1-6-10-14-18-22-26-35(27-23-19-15-11-7-2)38(43)45-32-30-41(37(42)34(5)40)31-33-46-39(44)36(28-24-20-16-12-8-3)29-25-21-17-13-9-4/h34-36H,6-33,40H2,1-5H3. The van der Waals surface area contributed by atoms with Gasteiger partial charge >= 0.3 is 11.9 Å². The van der Waals surface area contributed by atoms with Crippen LogP contribution in [0.15, 0.2) is 0 Å². The molecule has 7 nitrogen and oxygen atoms in total. The average molecular weight is 653 g/mol. The van der Waals surface area contributed by atoms with E-state index in [1.54, 1.807) is 11.8 Å². The van der Waals surface area contributed by atoms with Crippen molar-refractivity contribution in [1.82, 2.24) is 4.90 Å². The third-order valence-electron chi connectivity index (χ3n) is 9.20. The second kappa shape index (κ2) is 31.9. The Hall–Kier alpha value is -1.63. The Morgan fingerprint density at radius 1 is 0.500 bits per heavy atom. The SMILES string of the molecule is CCCCCCCC(CCCCCCC)C(=O)OCCN(CCOC(=O)C(CCCCCCC)CCCCCCC)C(=O)C(C)N. The maximum Gasteiger partial charge on any atom is 0.308 e. The van der Waals surface area contributed by atoms with Crippen LogP contribution in [0.25, 0.3) is 0 Å². The lowest BCUT2D eigenvalue weighted by molar-refractivity contribution is -0.152. The fraction of sp³-hybridized carbons (Fsp3) is 0.923. The van der Waals surface area contributed by atoms with Crippen LogP contribution in [0.3, 0.4) is 0 Å². The molecule has 0 heterocycles. The third kappa shape index (κ3) is 24.5. The Bertz CT molecular complexity index is 651. The molecule has 0 saturated heterocycles. The molecule has 0 rings (SSSR count). The van der Waals surface area contributed by atoms with Crippen molar-refractivity contribution in [2.45, 2.75) is 195 Å². The summed E-state index contributed by atoms with van der Waals surface area (Å²) in [5.41, 5.74) is 5.95. The molecule has 0 aromatic heterocycles. The summed E-state index contributed by atoms with van der Waals surface area (Å²) >= 11 is 0. The molecule has 0 bridgehead atoms. The summed E-state index contributed by atoms with van der Waals surface area (Å²) in [6.07, 6.45) is 26.9. The molecular formula is C39H76N2O5. The molecule has 1 amide bonds. The summed E-state index contributed by atoms with van der Waals surface area (Å²) in [7, 11) is 0. The lowest BCUT2D eigenvalue weighted by Crippen LogP contribution is -2.45. The zero-order chi connectivity index (χ0) is 34.3. The Labute approximate surface area is 284 Å². The summed E-state index contributed by atoms with van der Waals surface area (Å²) in [5, 5.41) is 0. The van der Waals surface area contributed by atoms with Gasteiger partial charge in [-0.25, -0.2) is 0 Å². The van der Waals surface area contributed by atoms with Crippen molar-refractivity contribution in [3.05, 3.63) is 0 Å². The Kier molecular flexibility index (Phi) is 30.8. The first-order valence-electron chi connectivity index (χ1n) is 19.7. The number of unbranched alkanes of at least 4 members (excludes halogenated alkanes) is 16. The molecule has 0 aliphatic rings. The van der Waals surface area contributed by atoms with E-state index in [1.165, 1.54) is 77.0 Å². The van der Waals surface area contributed by atoms with Crippen molar-refractivity contribution in [3.8, 4) is 0 Å². The van der Waals surface area contributed by atoms with E-state index >= 15 is 0 Å². The van der Waals surface area contributed by atoms with Crippen molar-refractivity contribution in [2.75, 3.05) is 26.3 Å². The first-order chi connectivity index (χ1) is 22.3. The van der Waals surface area contributed by atoms with Crippen LogP contribution in [0.4, 0.5) is 0 Å². The zero-order valence-corrected chi connectivity index (χ0v) is 31.1. The van der Waals surface area contributed by atoms with Gasteiger partial charge in [0.25, 0.3) is 0 Å². The minimum Gasteiger partial charge on any atom is -0.464 e. The van der Waals surface area contributed by atoms with E-state index < -0.39 is 6.04 Å². The van der Waals surface area contributed by atoms with Gasteiger partial charge in [0.15, 0.2) is 0 Å². The zero-order valence-electron chi connectivity index (χ0n) is 31.1. The number of hydrogen-bond acceptors (Lipinski definition) is 6. The monoisotopic (exact) mass is 653 g/mol. The largest absolute Gasteiger partial charge is 0.464 e. The summed E-state index contributed by atoms with van der Waals surface area (Å²) in [4.78, 5) is 40.7. The van der Waals surface area contributed by atoms with Gasteiger partial charge in [0.2, 0.25) is 5.91 Å². The molecule has 7 heteroatoms. The minimum atomic E-state index is -0.676. The first kappa shape index (κ1) is 44.4. The molecule has 2 N–H and O–H groups in total. The van der Waals surface area contributed by atoms with Crippen LogP contribution in [-0.2, 0) is 23.9 Å². The minimum absolute atomic E-state index is 0.0809. The van der Waals surface area contributed by atoms with Gasteiger partial charge in [0, 0.05) is 0 Å². The van der Waals surface area contributed by atoms with E-state index in [0.717, 1.165) is 77.0 Å². The molecule has 0 aliphatic heterocycles. The second-order valence-electron chi connectivity index (χ2n) is 13.7. The van der Waals surface area contributed by atoms with E-state index in [1.807, 2.05) is 0 Å². The normalized spacial score (nSPS) is 12.1. The predicted octanol–water partition coefficient (Wildman–Crippen LogP) is 9.92. The number of ether oxygens (including phenoxy) is 2. The van der Waals surface area contributed by atoms with Crippen LogP contribution in [0.5, 0.6) is 0 Å². The number of carbonyl (C=O) groups excluding carboxylic acids is 3. The molecule has 0 saturated carbocycles. The van der Waals surface area contributed by atoms with Gasteiger partial charge in [0.1, 0.15) is 13.2 Å². The summed E-state index contributed by atoms with van der Waals surface area (Å²) in [6, 6.07) is -0.676. The quantitative estimate of drug-likeness (QED) is 0.0560. The van der Waals surface area contributed by atoms with Crippen molar-refractivity contribution in [3.63, 3.8) is 0 Å². The number of rotatable bonds is 33. The predicted molar refractivity (Wildman–Crippen MR) is 193 cm³/mol. The third-order valence-corrected chi connectivity index (χ3v) is 9.20. The first-order valence-corrected chi connectivity index (χ1v) is 19.7. The van der Waals surface area contributed by atoms with Gasteiger partial charge in [-0.05, 0) is 32.6 Å². The molecule has 0 aromatic carbocycles. The van der Waals surface area contributed by atoms with Gasteiger partial charge in [0.05, 0.1) is 31.0 Å². The lowest BCUT2D eigenvalue weighted by Gasteiger charge is -2.25. The van der Waals surface area contributed by atoms with Crippen molar-refractivity contribution >= 4 is 17.8 Å². The molecule has 0 spiro atoms. The number of nitrogens with zero attached hydrogens (tertiary/aromatic N) is 1. The van der Waals surface area contributed by atoms with Crippen LogP contribution in [0.1, 0.15) is 189 Å². The highest BCUT2D eigenvalue weighted by atomic mass is 16.5. The number of amides is 1. The Morgan fingerprint density at radius 2 is 0.783 bits per heavy atom. The van der Waals surface area contributed by atoms with Gasteiger partial charge in [-0.2, -0.15) is 0 Å². The summed E-state index contributed by atoms with van der Waals surface area (Å²) < 4.78 is 11.5. The molecule has 1 unspecified atom stereocenters. The van der Waals surface area contributed by atoms with Gasteiger partial charge in [-0.3, -0.25) is 14.4 Å². The van der Waals surface area contributed by atoms with Crippen molar-refractivity contribution in [2.24, 2.45) is 17.6 Å². The molecule has 1 atom stereocenters. The van der Waals surface area contributed by atoms with Crippen LogP contribution >= 0.6 is 0 Å². The number of carbonyl (C=O) groups is 3. The molecular weight excluding hydrogens is 576 g/mol. The summed E-state index contributed by atoms with van der Waals surface area (Å²) in [6.45, 7) is 11.3.